The van der Waals surface area contributed by atoms with Crippen molar-refractivity contribution in [3.05, 3.63) is 18.0 Å². The summed E-state index contributed by atoms with van der Waals surface area (Å²) in [7, 11) is 0. The van der Waals surface area contributed by atoms with Crippen molar-refractivity contribution >= 4 is 0 Å². The lowest BCUT2D eigenvalue weighted by Gasteiger charge is -2.27. The van der Waals surface area contributed by atoms with Crippen molar-refractivity contribution in [3.8, 4) is 0 Å². The third-order valence-corrected chi connectivity index (χ3v) is 4.23. The third-order valence-electron chi connectivity index (χ3n) is 4.23. The van der Waals surface area contributed by atoms with Gasteiger partial charge in [-0.3, -0.25) is 4.68 Å². The molecule has 2 rings (SSSR count). The molecule has 1 saturated heterocycles. The summed E-state index contributed by atoms with van der Waals surface area (Å²) in [5.74, 6) is 0. The number of aromatic nitrogens is 2. The molecule has 4 nitrogen and oxygen atoms in total. The zero-order chi connectivity index (χ0) is 15.0. The van der Waals surface area contributed by atoms with Gasteiger partial charge in [0.05, 0.1) is 23.4 Å². The molecule has 0 aliphatic carbocycles. The molecule has 1 N–H and O–H groups in total. The van der Waals surface area contributed by atoms with E-state index in [9.17, 15) is 0 Å². The minimum atomic E-state index is -0.174. The first-order valence-electron chi connectivity index (χ1n) is 7.76. The second-order valence-electron chi connectivity index (χ2n) is 6.96. The maximum atomic E-state index is 6.17. The van der Waals surface area contributed by atoms with Crippen LogP contribution in [0.2, 0.25) is 0 Å². The molecule has 1 aromatic heterocycles. The predicted molar refractivity (Wildman–Crippen MR) is 81.8 cm³/mol. The highest BCUT2D eigenvalue weighted by Gasteiger charge is 2.47. The Bertz CT molecular complexity index is 450. The molecule has 1 aliphatic heterocycles. The average molecular weight is 279 g/mol. The number of nitrogens with zero attached hydrogens (tertiary/aromatic N) is 2. The van der Waals surface area contributed by atoms with Gasteiger partial charge in [0.1, 0.15) is 0 Å². The molecule has 0 bridgehead atoms. The van der Waals surface area contributed by atoms with Crippen LogP contribution in [0, 0.1) is 0 Å². The molecule has 4 heteroatoms. The summed E-state index contributed by atoms with van der Waals surface area (Å²) in [6.07, 6.45) is 6.26. The molecule has 1 aromatic rings. The van der Waals surface area contributed by atoms with Gasteiger partial charge in [0.25, 0.3) is 0 Å². The van der Waals surface area contributed by atoms with Crippen molar-refractivity contribution in [1.82, 2.24) is 15.1 Å². The van der Waals surface area contributed by atoms with Crippen molar-refractivity contribution in [3.63, 3.8) is 0 Å². The summed E-state index contributed by atoms with van der Waals surface area (Å²) in [5.41, 5.74) is 1.02. The number of nitrogens with one attached hydrogen (secondary N) is 1. The Labute approximate surface area is 122 Å². The smallest absolute Gasteiger partial charge is 0.0857 e. The van der Waals surface area contributed by atoms with Gasteiger partial charge in [0, 0.05) is 24.2 Å². The summed E-state index contributed by atoms with van der Waals surface area (Å²) >= 11 is 0. The Kier molecular flexibility index (Phi) is 4.26. The summed E-state index contributed by atoms with van der Waals surface area (Å²) < 4.78 is 8.27. The summed E-state index contributed by atoms with van der Waals surface area (Å²) in [6.45, 7) is 14.0. The Morgan fingerprint density at radius 3 is 2.60 bits per heavy atom. The lowest BCUT2D eigenvalue weighted by atomic mass is 9.94. The fraction of sp³-hybridized carbons (Fsp3) is 0.812. The van der Waals surface area contributed by atoms with Crippen LogP contribution in [-0.4, -0.2) is 27.5 Å². The highest BCUT2D eigenvalue weighted by molar-refractivity contribution is 5.12. The lowest BCUT2D eigenvalue weighted by molar-refractivity contribution is -0.0737. The molecule has 0 radical (unpaired) electrons. The molecule has 2 atom stereocenters. The van der Waals surface area contributed by atoms with E-state index in [0.717, 1.165) is 19.4 Å². The minimum Gasteiger partial charge on any atom is -0.367 e. The quantitative estimate of drug-likeness (QED) is 0.897. The summed E-state index contributed by atoms with van der Waals surface area (Å²) in [5, 5.41) is 8.11. The Morgan fingerprint density at radius 1 is 1.40 bits per heavy atom. The van der Waals surface area contributed by atoms with Gasteiger partial charge >= 0.3 is 0 Å². The first-order chi connectivity index (χ1) is 9.29. The van der Waals surface area contributed by atoms with Crippen molar-refractivity contribution in [2.75, 3.05) is 6.54 Å². The largest absolute Gasteiger partial charge is 0.367 e. The highest BCUT2D eigenvalue weighted by Crippen LogP contribution is 2.44. The molecule has 1 aliphatic rings. The standard InChI is InChI=1S/C16H29N3O/c1-7-13(17-8-2)12-10-18-19(11-12)14-9-15(3,4)20-16(14,5)6/h10-11,13-14,17H,7-9H2,1-6H3. The zero-order valence-corrected chi connectivity index (χ0v) is 13.7. The number of rotatable bonds is 5. The van der Waals surface area contributed by atoms with Crippen LogP contribution in [0.15, 0.2) is 12.4 Å². The number of ether oxygens (including phenoxy) is 1. The molecule has 2 unspecified atom stereocenters. The molecule has 20 heavy (non-hydrogen) atoms. The van der Waals surface area contributed by atoms with E-state index in [1.807, 2.05) is 6.20 Å². The lowest BCUT2D eigenvalue weighted by Crippen LogP contribution is -2.31. The van der Waals surface area contributed by atoms with Gasteiger partial charge in [-0.05, 0) is 40.7 Å². The average Bonchev–Trinajstić information content (AvgIpc) is 2.88. The van der Waals surface area contributed by atoms with Crippen LogP contribution in [0.4, 0.5) is 0 Å². The van der Waals surface area contributed by atoms with Crippen molar-refractivity contribution < 1.29 is 4.74 Å². The Hall–Kier alpha value is -0.870. The fourth-order valence-corrected chi connectivity index (χ4v) is 3.39. The second kappa shape index (κ2) is 5.49. The highest BCUT2D eigenvalue weighted by atomic mass is 16.5. The van der Waals surface area contributed by atoms with Crippen molar-refractivity contribution in [1.29, 1.82) is 0 Å². The zero-order valence-electron chi connectivity index (χ0n) is 13.7. The van der Waals surface area contributed by atoms with Gasteiger partial charge in [0.15, 0.2) is 0 Å². The van der Waals surface area contributed by atoms with Gasteiger partial charge in [-0.15, -0.1) is 0 Å². The van der Waals surface area contributed by atoms with E-state index in [0.29, 0.717) is 12.1 Å². The Balaban J connectivity index is 2.20. The van der Waals surface area contributed by atoms with E-state index in [-0.39, 0.29) is 11.2 Å². The van der Waals surface area contributed by atoms with E-state index >= 15 is 0 Å². The van der Waals surface area contributed by atoms with Gasteiger partial charge in [-0.2, -0.15) is 5.10 Å². The molecular formula is C16H29N3O. The molecule has 1 fully saturated rings. The minimum absolute atomic E-state index is 0.0773. The first kappa shape index (κ1) is 15.5. The van der Waals surface area contributed by atoms with Gasteiger partial charge in [-0.25, -0.2) is 0 Å². The van der Waals surface area contributed by atoms with Crippen LogP contribution in [0.1, 0.15) is 72.0 Å². The molecule has 2 heterocycles. The van der Waals surface area contributed by atoms with Crippen LogP contribution in [0.3, 0.4) is 0 Å². The molecular weight excluding hydrogens is 250 g/mol. The molecule has 0 amide bonds. The number of hydrogen-bond acceptors (Lipinski definition) is 3. The van der Waals surface area contributed by atoms with Crippen LogP contribution in [0.25, 0.3) is 0 Å². The van der Waals surface area contributed by atoms with E-state index in [1.165, 1.54) is 5.56 Å². The maximum absolute atomic E-state index is 6.17. The van der Waals surface area contributed by atoms with Crippen LogP contribution >= 0.6 is 0 Å². The van der Waals surface area contributed by atoms with E-state index in [2.05, 4.69) is 62.8 Å². The Morgan fingerprint density at radius 2 is 2.10 bits per heavy atom. The van der Waals surface area contributed by atoms with E-state index < -0.39 is 0 Å². The SMILES string of the molecule is CCNC(CC)c1cnn(C2CC(C)(C)OC2(C)C)c1. The first-order valence-corrected chi connectivity index (χ1v) is 7.76. The molecule has 114 valence electrons. The third kappa shape index (κ3) is 3.07. The van der Waals surface area contributed by atoms with E-state index in [4.69, 9.17) is 4.74 Å². The van der Waals surface area contributed by atoms with Gasteiger partial charge < -0.3 is 10.1 Å². The molecule has 0 aromatic carbocycles. The van der Waals surface area contributed by atoms with Gasteiger partial charge in [0.2, 0.25) is 0 Å². The maximum Gasteiger partial charge on any atom is 0.0857 e. The van der Waals surface area contributed by atoms with Crippen molar-refractivity contribution in [2.24, 2.45) is 0 Å². The normalized spacial score (nSPS) is 25.8. The second-order valence-corrected chi connectivity index (χ2v) is 6.96. The summed E-state index contributed by atoms with van der Waals surface area (Å²) in [6, 6.07) is 0.692. The molecule has 0 saturated carbocycles. The predicted octanol–water partition coefficient (Wildman–Crippen LogP) is 3.46. The molecule has 0 spiro atoms. The van der Waals surface area contributed by atoms with Crippen molar-refractivity contribution in [2.45, 2.75) is 77.7 Å². The van der Waals surface area contributed by atoms with Gasteiger partial charge in [-0.1, -0.05) is 13.8 Å². The topological polar surface area (TPSA) is 39.1 Å². The summed E-state index contributed by atoms with van der Waals surface area (Å²) in [4.78, 5) is 0. The van der Waals surface area contributed by atoms with Crippen LogP contribution < -0.4 is 5.32 Å². The van der Waals surface area contributed by atoms with E-state index in [1.54, 1.807) is 0 Å². The van der Waals surface area contributed by atoms with Crippen LogP contribution in [0.5, 0.6) is 0 Å². The number of hydrogen-bond donors (Lipinski definition) is 1. The fourth-order valence-electron chi connectivity index (χ4n) is 3.39. The van der Waals surface area contributed by atoms with Crippen LogP contribution in [-0.2, 0) is 4.74 Å². The monoisotopic (exact) mass is 279 g/mol.